The van der Waals surface area contributed by atoms with E-state index in [1.54, 1.807) is 11.0 Å². The molecule has 1 aliphatic rings. The van der Waals surface area contributed by atoms with Crippen molar-refractivity contribution in [1.29, 1.82) is 0 Å². The molecule has 0 atom stereocenters. The first-order valence-corrected chi connectivity index (χ1v) is 8.32. The summed E-state index contributed by atoms with van der Waals surface area (Å²) in [5, 5.41) is 3.03. The van der Waals surface area contributed by atoms with Crippen molar-refractivity contribution in [3.8, 4) is 11.5 Å². The van der Waals surface area contributed by atoms with E-state index >= 15 is 0 Å². The van der Waals surface area contributed by atoms with Gasteiger partial charge in [-0.2, -0.15) is 13.2 Å². The van der Waals surface area contributed by atoms with E-state index in [0.29, 0.717) is 35.3 Å². The van der Waals surface area contributed by atoms with Crippen LogP contribution in [0, 0.1) is 0 Å². The van der Waals surface area contributed by atoms with Crippen molar-refractivity contribution in [2.45, 2.75) is 6.18 Å². The molecular formula is C16H21ClF3N3O3. The second-order valence-electron chi connectivity index (χ2n) is 5.90. The van der Waals surface area contributed by atoms with Crippen LogP contribution in [0.5, 0.6) is 11.5 Å². The summed E-state index contributed by atoms with van der Waals surface area (Å²) in [6, 6.07) is 3.09. The molecule has 146 valence electrons. The van der Waals surface area contributed by atoms with Crippen LogP contribution in [0.25, 0.3) is 0 Å². The van der Waals surface area contributed by atoms with Gasteiger partial charge in [-0.15, -0.1) is 0 Å². The van der Waals surface area contributed by atoms with E-state index in [4.69, 9.17) is 21.1 Å². The second-order valence-corrected chi connectivity index (χ2v) is 6.31. The summed E-state index contributed by atoms with van der Waals surface area (Å²) in [6.07, 6.45) is -4.20. The van der Waals surface area contributed by atoms with E-state index in [0.717, 1.165) is 0 Å². The zero-order valence-electron chi connectivity index (χ0n) is 14.5. The van der Waals surface area contributed by atoms with Gasteiger partial charge in [0.15, 0.2) is 0 Å². The van der Waals surface area contributed by atoms with Gasteiger partial charge in [0.1, 0.15) is 11.5 Å². The molecule has 10 heteroatoms. The minimum Gasteiger partial charge on any atom is -0.495 e. The number of nitrogens with one attached hydrogen (secondary N) is 1. The number of halogens is 4. The third-order valence-corrected chi connectivity index (χ3v) is 4.28. The molecule has 0 aromatic heterocycles. The van der Waals surface area contributed by atoms with Crippen molar-refractivity contribution in [3.63, 3.8) is 0 Å². The fourth-order valence-corrected chi connectivity index (χ4v) is 2.95. The largest absolute Gasteiger partial charge is 0.495 e. The Kier molecular flexibility index (Phi) is 6.96. The summed E-state index contributed by atoms with van der Waals surface area (Å²) in [5.74, 6) is 0.519. The molecule has 1 saturated heterocycles. The maximum Gasteiger partial charge on any atom is 0.401 e. The molecule has 0 unspecified atom stereocenters. The number of ether oxygens (including phenoxy) is 2. The molecule has 0 spiro atoms. The van der Waals surface area contributed by atoms with Crippen molar-refractivity contribution in [2.24, 2.45) is 0 Å². The molecule has 0 saturated carbocycles. The van der Waals surface area contributed by atoms with Crippen LogP contribution in [-0.4, -0.2) is 75.4 Å². The summed E-state index contributed by atoms with van der Waals surface area (Å²) in [5.41, 5.74) is 0.402. The second kappa shape index (κ2) is 8.79. The van der Waals surface area contributed by atoms with E-state index in [-0.39, 0.29) is 25.5 Å². The van der Waals surface area contributed by atoms with Crippen LogP contribution < -0.4 is 14.8 Å². The van der Waals surface area contributed by atoms with Gasteiger partial charge in [0.05, 0.1) is 38.0 Å². The molecular weight excluding hydrogens is 375 g/mol. The predicted molar refractivity (Wildman–Crippen MR) is 92.1 cm³/mol. The minimum absolute atomic E-state index is 0.0761. The number of amides is 1. The summed E-state index contributed by atoms with van der Waals surface area (Å²) < 4.78 is 47.5. The van der Waals surface area contributed by atoms with Gasteiger partial charge in [0.25, 0.3) is 0 Å². The van der Waals surface area contributed by atoms with Crippen LogP contribution in [0.15, 0.2) is 12.1 Å². The molecule has 26 heavy (non-hydrogen) atoms. The highest BCUT2D eigenvalue weighted by Crippen LogP contribution is 2.35. The average molecular weight is 396 g/mol. The van der Waals surface area contributed by atoms with E-state index in [2.05, 4.69) is 5.32 Å². The van der Waals surface area contributed by atoms with Gasteiger partial charge in [-0.1, -0.05) is 11.6 Å². The zero-order chi connectivity index (χ0) is 19.3. The van der Waals surface area contributed by atoms with Crippen LogP contribution in [0.3, 0.4) is 0 Å². The number of anilines is 1. The quantitative estimate of drug-likeness (QED) is 0.802. The number of nitrogens with zero attached hydrogens (tertiary/aromatic N) is 2. The Morgan fingerprint density at radius 3 is 2.23 bits per heavy atom. The SMILES string of the molecule is COc1cc(OC)c(NC(=O)CN2CCN(CC(F)(F)F)CC2)cc1Cl. The normalized spacial score (nSPS) is 16.4. The van der Waals surface area contributed by atoms with Crippen molar-refractivity contribution in [2.75, 3.05) is 58.8 Å². The van der Waals surface area contributed by atoms with Gasteiger partial charge in [-0.25, -0.2) is 0 Å². The summed E-state index contributed by atoms with van der Waals surface area (Å²) in [6.45, 7) is 0.476. The molecule has 1 aromatic rings. The summed E-state index contributed by atoms with van der Waals surface area (Å²) in [7, 11) is 2.93. The van der Waals surface area contributed by atoms with Gasteiger partial charge in [-0.3, -0.25) is 14.6 Å². The molecule has 2 rings (SSSR count). The molecule has 1 aromatic carbocycles. The number of carbonyl (C=O) groups excluding carboxylic acids is 1. The van der Waals surface area contributed by atoms with Gasteiger partial charge < -0.3 is 14.8 Å². The Balaban J connectivity index is 1.89. The Labute approximate surface area is 154 Å². The first-order chi connectivity index (χ1) is 12.2. The lowest BCUT2D eigenvalue weighted by Gasteiger charge is -2.34. The lowest BCUT2D eigenvalue weighted by molar-refractivity contribution is -0.149. The highest BCUT2D eigenvalue weighted by Gasteiger charge is 2.32. The molecule has 0 aliphatic carbocycles. The van der Waals surface area contributed by atoms with Gasteiger partial charge in [-0.05, 0) is 6.07 Å². The highest BCUT2D eigenvalue weighted by atomic mass is 35.5. The fourth-order valence-electron chi connectivity index (χ4n) is 2.71. The van der Waals surface area contributed by atoms with E-state index in [1.165, 1.54) is 25.2 Å². The standard InChI is InChI=1S/C16H21ClF3N3O3/c1-25-13-8-14(26-2)12(7-11(13)17)21-15(24)9-22-3-5-23(6-4-22)10-16(18,19)20/h7-8H,3-6,9-10H2,1-2H3,(H,21,24). The van der Waals surface area contributed by atoms with Gasteiger partial charge >= 0.3 is 6.18 Å². The molecule has 0 bridgehead atoms. The topological polar surface area (TPSA) is 54.0 Å². The van der Waals surface area contributed by atoms with Crippen LogP contribution in [-0.2, 0) is 4.79 Å². The first-order valence-electron chi connectivity index (χ1n) is 7.94. The van der Waals surface area contributed by atoms with E-state index in [1.807, 2.05) is 0 Å². The number of carbonyl (C=O) groups is 1. The molecule has 6 nitrogen and oxygen atoms in total. The fraction of sp³-hybridized carbons (Fsp3) is 0.562. The average Bonchev–Trinajstić information content (AvgIpc) is 2.55. The number of hydrogen-bond donors (Lipinski definition) is 1. The number of benzene rings is 1. The van der Waals surface area contributed by atoms with Crippen molar-refractivity contribution in [1.82, 2.24) is 9.80 Å². The van der Waals surface area contributed by atoms with Crippen LogP contribution in [0.4, 0.5) is 18.9 Å². The number of piperazine rings is 1. The van der Waals surface area contributed by atoms with E-state index in [9.17, 15) is 18.0 Å². The monoisotopic (exact) mass is 395 g/mol. The van der Waals surface area contributed by atoms with Crippen LogP contribution >= 0.6 is 11.6 Å². The predicted octanol–water partition coefficient (Wildman–Crippen LogP) is 2.48. The molecule has 1 fully saturated rings. The molecule has 1 amide bonds. The molecule has 0 radical (unpaired) electrons. The maximum atomic E-state index is 12.4. The van der Waals surface area contributed by atoms with Gasteiger partial charge in [0, 0.05) is 32.2 Å². The van der Waals surface area contributed by atoms with E-state index < -0.39 is 12.7 Å². The first kappa shape index (κ1) is 20.6. The summed E-state index contributed by atoms with van der Waals surface area (Å²) >= 11 is 6.06. The number of alkyl halides is 3. The Morgan fingerprint density at radius 2 is 1.69 bits per heavy atom. The van der Waals surface area contributed by atoms with Crippen molar-refractivity contribution < 1.29 is 27.4 Å². The smallest absolute Gasteiger partial charge is 0.401 e. The highest BCUT2D eigenvalue weighted by molar-refractivity contribution is 6.32. The van der Waals surface area contributed by atoms with Crippen LogP contribution in [0.1, 0.15) is 0 Å². The Bertz CT molecular complexity index is 635. The number of hydrogen-bond acceptors (Lipinski definition) is 5. The lowest BCUT2D eigenvalue weighted by atomic mass is 10.2. The maximum absolute atomic E-state index is 12.4. The minimum atomic E-state index is -4.20. The third kappa shape index (κ3) is 5.93. The Morgan fingerprint density at radius 1 is 1.12 bits per heavy atom. The molecule has 1 N–H and O–H groups in total. The zero-order valence-corrected chi connectivity index (χ0v) is 15.3. The van der Waals surface area contributed by atoms with Crippen LogP contribution in [0.2, 0.25) is 5.02 Å². The molecule has 1 heterocycles. The number of rotatable bonds is 6. The Hall–Kier alpha value is -1.71. The summed E-state index contributed by atoms with van der Waals surface area (Å²) in [4.78, 5) is 15.4. The van der Waals surface area contributed by atoms with Crippen molar-refractivity contribution >= 4 is 23.2 Å². The van der Waals surface area contributed by atoms with Gasteiger partial charge in [0.2, 0.25) is 5.91 Å². The molecule has 1 aliphatic heterocycles. The lowest BCUT2D eigenvalue weighted by Crippen LogP contribution is -2.50. The third-order valence-electron chi connectivity index (χ3n) is 3.98. The van der Waals surface area contributed by atoms with Crippen molar-refractivity contribution in [3.05, 3.63) is 17.2 Å². The number of methoxy groups -OCH3 is 2.